The molecule has 1 aromatic heterocycles. The average Bonchev–Trinajstić information content (AvgIpc) is 2.93. The smallest absolute Gasteiger partial charge is 0.543 e. The van der Waals surface area contributed by atoms with Gasteiger partial charge < -0.3 is 35.6 Å². The van der Waals surface area contributed by atoms with Crippen molar-refractivity contribution in [3.05, 3.63) is 74.2 Å². The van der Waals surface area contributed by atoms with E-state index >= 15 is 0 Å². The van der Waals surface area contributed by atoms with E-state index in [4.69, 9.17) is 4.74 Å². The summed E-state index contributed by atoms with van der Waals surface area (Å²) in [5, 5.41) is 18.3. The van der Waals surface area contributed by atoms with E-state index in [1.165, 1.54) is 7.05 Å². The maximum absolute atomic E-state index is 13.3. The van der Waals surface area contributed by atoms with Crippen LogP contribution < -0.4 is 61.9 Å². The van der Waals surface area contributed by atoms with Crippen LogP contribution in [0.5, 0.6) is 0 Å². The molecule has 0 bridgehead atoms. The van der Waals surface area contributed by atoms with E-state index in [1.807, 2.05) is 0 Å². The summed E-state index contributed by atoms with van der Waals surface area (Å²) < 4.78 is 5.63. The molecule has 1 aromatic carbocycles. The first-order valence-corrected chi connectivity index (χ1v) is 12.8. The molecule has 1 fully saturated rings. The number of ether oxygens (including phenoxy) is 1. The Morgan fingerprint density at radius 1 is 1.17 bits per heavy atom. The van der Waals surface area contributed by atoms with Crippen molar-refractivity contribution in [2.45, 2.75) is 24.4 Å². The number of aliphatic carboxylic acids is 1. The van der Waals surface area contributed by atoms with E-state index in [9.17, 15) is 38.7 Å². The standard InChI is InChI=1S/C24H24N6O9S.Na/c1-11(31)39-9-13-10-40-21-16(20(34)30(21)17(13)22(35)36)27-18(32)15(12-6-4-3-5-7-12)28-23(37)26-14-8-25-24(38)29(2)19(14)33;/h3-8,15-16,21H,9-10H2,1-2H3,(H,25,38)(H,27,32)(H,35,36)(H2,26,28,37);/q;+1/p-1/t15?,16?,21-;/m0./s1. The number of thioether (sulfide) groups is 1. The Morgan fingerprint density at radius 2 is 1.85 bits per heavy atom. The number of fused-ring (bicyclic) bond motifs is 1. The molecule has 0 saturated carbocycles. The Balaban J connectivity index is 0.00000462. The van der Waals surface area contributed by atoms with Gasteiger partial charge in [0.1, 0.15) is 29.8 Å². The van der Waals surface area contributed by atoms with Crippen LogP contribution in [-0.4, -0.2) is 68.0 Å². The van der Waals surface area contributed by atoms with Gasteiger partial charge >= 0.3 is 47.2 Å². The molecule has 4 rings (SSSR count). The minimum atomic E-state index is -1.63. The number of nitrogens with zero attached hydrogens (tertiary/aromatic N) is 2. The third-order valence-corrected chi connectivity index (χ3v) is 7.43. The van der Waals surface area contributed by atoms with Gasteiger partial charge in [0, 0.05) is 31.5 Å². The van der Waals surface area contributed by atoms with E-state index in [2.05, 4.69) is 20.9 Å². The number of hydrogen-bond donors (Lipinski definition) is 4. The number of nitrogens with one attached hydrogen (secondary N) is 4. The molecule has 17 heteroatoms. The van der Waals surface area contributed by atoms with Crippen molar-refractivity contribution in [1.82, 2.24) is 25.1 Å². The quantitative estimate of drug-likeness (QED) is 0.130. The number of urea groups is 1. The zero-order valence-corrected chi connectivity index (χ0v) is 24.9. The molecule has 2 aromatic rings. The molecule has 0 radical (unpaired) electrons. The van der Waals surface area contributed by atoms with Crippen molar-refractivity contribution < 1.29 is 63.4 Å². The molecule has 3 heterocycles. The fourth-order valence-electron chi connectivity index (χ4n) is 4.10. The maximum atomic E-state index is 13.3. The third kappa shape index (κ3) is 6.73. The number of β-lactam (4-membered cyclic amide) rings is 1. The van der Waals surface area contributed by atoms with Crippen molar-refractivity contribution in [3.63, 3.8) is 0 Å². The van der Waals surface area contributed by atoms with Gasteiger partial charge in [-0.3, -0.25) is 28.6 Å². The summed E-state index contributed by atoms with van der Waals surface area (Å²) in [6, 6.07) is 4.68. The maximum Gasteiger partial charge on any atom is 1.00 e. The molecule has 0 spiro atoms. The number of benzene rings is 1. The summed E-state index contributed by atoms with van der Waals surface area (Å²) in [4.78, 5) is 89.1. The molecule has 41 heavy (non-hydrogen) atoms. The number of amides is 4. The first kappa shape index (κ1) is 31.7. The van der Waals surface area contributed by atoms with E-state index in [0.717, 1.165) is 34.3 Å². The fourth-order valence-corrected chi connectivity index (χ4v) is 5.43. The second kappa shape index (κ2) is 13.2. The summed E-state index contributed by atoms with van der Waals surface area (Å²) in [5.74, 6) is -3.65. The Morgan fingerprint density at radius 3 is 2.49 bits per heavy atom. The van der Waals surface area contributed by atoms with Crippen molar-refractivity contribution >= 4 is 47.2 Å². The number of esters is 1. The van der Waals surface area contributed by atoms with Crippen molar-refractivity contribution in [3.8, 4) is 0 Å². The molecule has 4 N–H and O–H groups in total. The number of carbonyl (C=O) groups is 5. The van der Waals surface area contributed by atoms with Gasteiger partial charge in [0.05, 0.1) is 11.7 Å². The average molecular weight is 595 g/mol. The Bertz CT molecular complexity index is 1540. The number of hydrogen-bond acceptors (Lipinski definition) is 10. The van der Waals surface area contributed by atoms with Gasteiger partial charge in [-0.2, -0.15) is 0 Å². The normalized spacial score (nSPS) is 18.2. The van der Waals surface area contributed by atoms with Gasteiger partial charge in [-0.25, -0.2) is 9.59 Å². The SMILES string of the molecule is CC(=O)OCC1=C(C(=O)[O-])N2C(=O)C(NC(=O)C(NC(=O)Nc3c[nH]c(=O)n(C)c3=O)c3ccccc3)[C@@H]2SC1.[Na+]. The molecule has 15 nitrogen and oxygen atoms in total. The number of aromatic nitrogens is 2. The molecule has 2 aliphatic heterocycles. The van der Waals surface area contributed by atoms with Crippen LogP contribution in [0.1, 0.15) is 18.5 Å². The van der Waals surface area contributed by atoms with Crippen LogP contribution in [0.2, 0.25) is 0 Å². The Hall–Kier alpha value is -3.86. The fraction of sp³-hybridized carbons (Fsp3) is 0.292. The number of rotatable bonds is 8. The summed E-state index contributed by atoms with van der Waals surface area (Å²) in [5.41, 5.74) is -1.60. The van der Waals surface area contributed by atoms with Gasteiger partial charge in [0.25, 0.3) is 11.5 Å². The van der Waals surface area contributed by atoms with Gasteiger partial charge in [-0.05, 0) is 5.56 Å². The first-order valence-electron chi connectivity index (χ1n) is 11.7. The zero-order valence-electron chi connectivity index (χ0n) is 22.1. The number of aromatic amines is 1. The number of anilines is 1. The van der Waals surface area contributed by atoms with Crippen LogP contribution in [-0.2, 0) is 31.0 Å². The van der Waals surface area contributed by atoms with Gasteiger partial charge in [-0.15, -0.1) is 11.8 Å². The molecule has 4 amide bonds. The second-order valence-corrected chi connectivity index (χ2v) is 9.83. The van der Waals surface area contributed by atoms with E-state index in [1.54, 1.807) is 30.3 Å². The molecule has 2 aliphatic rings. The van der Waals surface area contributed by atoms with Crippen LogP contribution in [0.3, 0.4) is 0 Å². The summed E-state index contributed by atoms with van der Waals surface area (Å²) in [6.07, 6.45) is 1.02. The van der Waals surface area contributed by atoms with E-state index < -0.39 is 64.2 Å². The van der Waals surface area contributed by atoms with Crippen LogP contribution in [0.4, 0.5) is 10.5 Å². The summed E-state index contributed by atoms with van der Waals surface area (Å²) >= 11 is 1.16. The molecule has 210 valence electrons. The predicted octanol–water partition coefficient (Wildman–Crippen LogP) is -5.09. The van der Waals surface area contributed by atoms with Crippen LogP contribution >= 0.6 is 11.8 Å². The Kier molecular flexibility index (Phi) is 10.2. The van der Waals surface area contributed by atoms with Crippen molar-refractivity contribution in [2.75, 3.05) is 17.7 Å². The Labute approximate surface area is 258 Å². The van der Waals surface area contributed by atoms with Crippen LogP contribution in [0, 0.1) is 0 Å². The second-order valence-electron chi connectivity index (χ2n) is 8.73. The van der Waals surface area contributed by atoms with E-state index in [0.29, 0.717) is 5.56 Å². The van der Waals surface area contributed by atoms with Gasteiger partial charge in [-0.1, -0.05) is 30.3 Å². The van der Waals surface area contributed by atoms with Crippen molar-refractivity contribution in [2.24, 2.45) is 7.05 Å². The number of carboxylic acid groups (broad SMARTS) is 1. The molecule has 3 atom stereocenters. The first-order chi connectivity index (χ1) is 19.0. The predicted molar refractivity (Wildman–Crippen MR) is 137 cm³/mol. The summed E-state index contributed by atoms with van der Waals surface area (Å²) in [7, 11) is 1.22. The zero-order chi connectivity index (χ0) is 29.1. The molecule has 2 unspecified atom stereocenters. The topological polar surface area (TPSA) is 212 Å². The van der Waals surface area contributed by atoms with Gasteiger partial charge in [0.2, 0.25) is 5.91 Å². The van der Waals surface area contributed by atoms with Crippen LogP contribution in [0.25, 0.3) is 0 Å². The molecular weight excluding hydrogens is 571 g/mol. The summed E-state index contributed by atoms with van der Waals surface area (Å²) in [6.45, 7) is 0.836. The van der Waals surface area contributed by atoms with Gasteiger partial charge in [0.15, 0.2) is 0 Å². The third-order valence-electron chi connectivity index (χ3n) is 6.09. The van der Waals surface area contributed by atoms with Crippen LogP contribution in [0.15, 0.2) is 57.4 Å². The molecule has 1 saturated heterocycles. The largest absolute Gasteiger partial charge is 1.00 e. The minimum Gasteiger partial charge on any atom is -0.543 e. The number of carboxylic acids is 1. The molecular formula is C24H23N6NaO9S. The molecule has 0 aliphatic carbocycles. The van der Waals surface area contributed by atoms with Crippen molar-refractivity contribution in [1.29, 1.82) is 0 Å². The number of carbonyl (C=O) groups excluding carboxylic acids is 5. The number of H-pyrrole nitrogens is 1. The minimum absolute atomic E-state index is 0. The van der Waals surface area contributed by atoms with E-state index in [-0.39, 0.29) is 53.2 Å². The monoisotopic (exact) mass is 594 g/mol.